The van der Waals surface area contributed by atoms with Gasteiger partial charge in [0.2, 0.25) is 0 Å². The number of nitrogens with two attached hydrogens (primary N) is 1. The number of aromatic nitrogens is 3. The molecule has 4 aromatic rings. The largest absolute Gasteiger partial charge is 0.457 e. The molecule has 2 amide bonds. The Hall–Kier alpha value is -4.11. The number of carbonyl (C=O) groups is 2. The molecule has 1 aliphatic rings. The minimum Gasteiger partial charge on any atom is -0.457 e. The predicted molar refractivity (Wildman–Crippen MR) is 149 cm³/mol. The van der Waals surface area contributed by atoms with Gasteiger partial charge < -0.3 is 20.1 Å². The van der Waals surface area contributed by atoms with E-state index in [0.29, 0.717) is 46.3 Å². The fraction of sp³-hybridized carbons (Fsp3) is 0.310. The maximum atomic E-state index is 12.6. The van der Waals surface area contributed by atoms with Crippen molar-refractivity contribution in [1.82, 2.24) is 19.7 Å². The Labute approximate surface area is 231 Å². The molecule has 2 N–H and O–H groups in total. The highest BCUT2D eigenvalue weighted by Gasteiger charge is 2.30. The topological polar surface area (TPSA) is 113 Å². The van der Waals surface area contributed by atoms with Crippen LogP contribution in [0.1, 0.15) is 55.6 Å². The van der Waals surface area contributed by atoms with E-state index in [9.17, 15) is 9.59 Å². The van der Waals surface area contributed by atoms with Crippen LogP contribution in [0, 0.1) is 0 Å². The minimum absolute atomic E-state index is 0.147. The molecule has 2 aromatic heterocycles. The number of piperidine rings is 1. The first-order chi connectivity index (χ1) is 18.6. The van der Waals surface area contributed by atoms with Gasteiger partial charge in [0.1, 0.15) is 28.1 Å². The third kappa shape index (κ3) is 5.83. The van der Waals surface area contributed by atoms with E-state index in [2.05, 4.69) is 4.98 Å². The summed E-state index contributed by atoms with van der Waals surface area (Å²) >= 11 is 5.95. The molecule has 0 spiro atoms. The van der Waals surface area contributed by atoms with Gasteiger partial charge in [-0.25, -0.2) is 9.48 Å². The zero-order chi connectivity index (χ0) is 27.7. The molecule has 9 nitrogen and oxygen atoms in total. The third-order valence-electron chi connectivity index (χ3n) is 6.54. The van der Waals surface area contributed by atoms with Gasteiger partial charge in [0, 0.05) is 24.3 Å². The van der Waals surface area contributed by atoms with Crippen molar-refractivity contribution in [2.75, 3.05) is 13.1 Å². The molecule has 1 saturated heterocycles. The molecule has 0 saturated carbocycles. The Balaban J connectivity index is 1.40. The number of likely N-dealkylation sites (tertiary alicyclic amines) is 1. The Morgan fingerprint density at radius 3 is 2.15 bits per heavy atom. The average molecular weight is 548 g/mol. The fourth-order valence-corrected chi connectivity index (χ4v) is 4.85. The number of ether oxygens (including phenoxy) is 2. The lowest BCUT2D eigenvalue weighted by Crippen LogP contribution is -2.41. The van der Waals surface area contributed by atoms with Gasteiger partial charge in [0.25, 0.3) is 5.91 Å². The van der Waals surface area contributed by atoms with E-state index in [-0.39, 0.29) is 17.7 Å². The number of nitrogens with zero attached hydrogens (tertiary/aromatic N) is 4. The Morgan fingerprint density at radius 2 is 1.56 bits per heavy atom. The second-order valence-corrected chi connectivity index (χ2v) is 11.0. The van der Waals surface area contributed by atoms with E-state index in [4.69, 9.17) is 31.9 Å². The van der Waals surface area contributed by atoms with E-state index < -0.39 is 11.5 Å². The molecule has 10 heteroatoms. The van der Waals surface area contributed by atoms with E-state index in [1.807, 2.05) is 39.0 Å². The Morgan fingerprint density at radius 1 is 0.949 bits per heavy atom. The summed E-state index contributed by atoms with van der Waals surface area (Å²) in [6.45, 7) is 6.72. The molecular weight excluding hydrogens is 518 g/mol. The Kier molecular flexibility index (Phi) is 7.18. The third-order valence-corrected chi connectivity index (χ3v) is 6.79. The molecule has 1 fully saturated rings. The zero-order valence-electron chi connectivity index (χ0n) is 22.1. The monoisotopic (exact) mass is 547 g/mol. The summed E-state index contributed by atoms with van der Waals surface area (Å²) in [6, 6.07) is 16.2. The van der Waals surface area contributed by atoms with Gasteiger partial charge >= 0.3 is 6.09 Å². The summed E-state index contributed by atoms with van der Waals surface area (Å²) in [7, 11) is 0. The number of hydrogen-bond acceptors (Lipinski definition) is 6. The van der Waals surface area contributed by atoms with E-state index in [0.717, 1.165) is 18.4 Å². The van der Waals surface area contributed by atoms with Crippen LogP contribution in [0.3, 0.4) is 0 Å². The molecule has 3 heterocycles. The van der Waals surface area contributed by atoms with Gasteiger partial charge in [-0.15, -0.1) is 0 Å². The SMILES string of the molecule is CC(C)(C)OC(=O)N1CCC(c2ccnc3c(C(N)=O)n(-c4ccc(Oc5ccc(Cl)cc5)cc4)nc23)CC1. The van der Waals surface area contributed by atoms with Crippen molar-refractivity contribution in [2.45, 2.75) is 45.1 Å². The van der Waals surface area contributed by atoms with Gasteiger partial charge in [0.15, 0.2) is 5.69 Å². The second-order valence-electron chi connectivity index (χ2n) is 10.5. The second kappa shape index (κ2) is 10.6. The number of benzene rings is 2. The summed E-state index contributed by atoms with van der Waals surface area (Å²) < 4.78 is 12.9. The average Bonchev–Trinajstić information content (AvgIpc) is 3.30. The maximum absolute atomic E-state index is 12.6. The zero-order valence-corrected chi connectivity index (χ0v) is 22.8. The van der Waals surface area contributed by atoms with Crippen molar-refractivity contribution in [1.29, 1.82) is 0 Å². The van der Waals surface area contributed by atoms with Crippen molar-refractivity contribution in [3.05, 3.63) is 77.1 Å². The van der Waals surface area contributed by atoms with Gasteiger partial charge in [-0.2, -0.15) is 5.10 Å². The van der Waals surface area contributed by atoms with Crippen molar-refractivity contribution >= 4 is 34.6 Å². The van der Waals surface area contributed by atoms with Crippen LogP contribution in [-0.4, -0.2) is 50.4 Å². The number of carbonyl (C=O) groups excluding carboxylic acids is 2. The first kappa shape index (κ1) is 26.5. The summed E-state index contributed by atoms with van der Waals surface area (Å²) in [5, 5.41) is 5.43. The van der Waals surface area contributed by atoms with Crippen molar-refractivity contribution in [3.8, 4) is 17.2 Å². The summed E-state index contributed by atoms with van der Waals surface area (Å²) in [6.07, 6.45) is 2.87. The van der Waals surface area contributed by atoms with E-state index in [1.165, 1.54) is 4.68 Å². The smallest absolute Gasteiger partial charge is 0.410 e. The summed E-state index contributed by atoms with van der Waals surface area (Å²) in [4.78, 5) is 31.3. The molecule has 1 aliphatic heterocycles. The number of amides is 2. The van der Waals surface area contributed by atoms with Crippen LogP contribution < -0.4 is 10.5 Å². The minimum atomic E-state index is -0.622. The van der Waals surface area contributed by atoms with Crippen molar-refractivity contribution in [3.63, 3.8) is 0 Å². The summed E-state index contributed by atoms with van der Waals surface area (Å²) in [5.74, 6) is 0.798. The molecule has 0 bridgehead atoms. The highest BCUT2D eigenvalue weighted by molar-refractivity contribution is 6.30. The normalized spacial score (nSPS) is 14.4. The van der Waals surface area contributed by atoms with E-state index >= 15 is 0 Å². The van der Waals surface area contributed by atoms with Crippen molar-refractivity contribution < 1.29 is 19.1 Å². The van der Waals surface area contributed by atoms with Crippen LogP contribution in [0.2, 0.25) is 5.02 Å². The number of halogens is 1. The highest BCUT2D eigenvalue weighted by atomic mass is 35.5. The standard InChI is InChI=1S/C29H30ClN5O4/c1-29(2,3)39-28(37)34-16-13-18(14-17-34)23-12-15-32-25-24(23)33-35(26(25)27(31)36)20-6-10-22(11-7-20)38-21-8-4-19(30)5-9-21/h4-12,15,18H,13-14,16-17H2,1-3H3,(H2,31,36). The molecule has 0 aliphatic carbocycles. The molecule has 39 heavy (non-hydrogen) atoms. The molecular formula is C29H30ClN5O4. The number of pyridine rings is 1. The first-order valence-electron chi connectivity index (χ1n) is 12.8. The van der Waals surface area contributed by atoms with Crippen LogP contribution >= 0.6 is 11.6 Å². The van der Waals surface area contributed by atoms with E-state index in [1.54, 1.807) is 47.5 Å². The molecule has 0 radical (unpaired) electrons. The lowest BCUT2D eigenvalue weighted by atomic mass is 9.89. The fourth-order valence-electron chi connectivity index (χ4n) is 4.73. The molecule has 0 atom stereocenters. The molecule has 202 valence electrons. The number of rotatable bonds is 5. The first-order valence-corrected chi connectivity index (χ1v) is 13.2. The van der Waals surface area contributed by atoms with Gasteiger partial charge in [-0.1, -0.05) is 11.6 Å². The number of fused-ring (bicyclic) bond motifs is 1. The quantitative estimate of drug-likeness (QED) is 0.324. The van der Waals surface area contributed by atoms with Crippen molar-refractivity contribution in [2.24, 2.45) is 5.73 Å². The number of hydrogen-bond donors (Lipinski definition) is 1. The van der Waals surface area contributed by atoms with Gasteiger partial charge in [0.05, 0.1) is 5.69 Å². The van der Waals surface area contributed by atoms with Crippen LogP contribution in [0.4, 0.5) is 4.79 Å². The van der Waals surface area contributed by atoms with Crippen LogP contribution in [0.25, 0.3) is 16.7 Å². The molecule has 0 unspecified atom stereocenters. The van der Waals surface area contributed by atoms with Crippen LogP contribution in [0.15, 0.2) is 60.8 Å². The van der Waals surface area contributed by atoms with Gasteiger partial charge in [-0.05, 0) is 99.7 Å². The van der Waals surface area contributed by atoms with Crippen LogP contribution in [0.5, 0.6) is 11.5 Å². The lowest BCUT2D eigenvalue weighted by Gasteiger charge is -2.33. The van der Waals surface area contributed by atoms with Crippen LogP contribution in [-0.2, 0) is 4.74 Å². The molecule has 5 rings (SSSR count). The lowest BCUT2D eigenvalue weighted by molar-refractivity contribution is 0.0205. The Bertz CT molecular complexity index is 1500. The van der Waals surface area contributed by atoms with Gasteiger partial charge in [-0.3, -0.25) is 9.78 Å². The molecule has 2 aromatic carbocycles. The maximum Gasteiger partial charge on any atom is 0.410 e. The summed E-state index contributed by atoms with van der Waals surface area (Å²) in [5.41, 5.74) is 8.19. The highest BCUT2D eigenvalue weighted by Crippen LogP contribution is 2.34. The number of primary amides is 1. The predicted octanol–water partition coefficient (Wildman–Crippen LogP) is 6.08.